The molecule has 0 saturated heterocycles. The van der Waals surface area contributed by atoms with Crippen LogP contribution < -0.4 is 10.1 Å². The lowest BCUT2D eigenvalue weighted by Gasteiger charge is -2.15. The summed E-state index contributed by atoms with van der Waals surface area (Å²) in [5, 5.41) is 10.8. The van der Waals surface area contributed by atoms with E-state index in [1.165, 1.54) is 0 Å². The van der Waals surface area contributed by atoms with Crippen molar-refractivity contribution >= 4 is 11.9 Å². The van der Waals surface area contributed by atoms with Gasteiger partial charge < -0.3 is 15.2 Å². The van der Waals surface area contributed by atoms with Gasteiger partial charge in [-0.05, 0) is 49.4 Å². The van der Waals surface area contributed by atoms with Crippen LogP contribution in [0.2, 0.25) is 0 Å². The van der Waals surface area contributed by atoms with E-state index in [-0.39, 0.29) is 0 Å². The number of carbonyl (C=O) groups is 2. The summed E-state index contributed by atoms with van der Waals surface area (Å²) in [5.41, 5.74) is 4.29. The fourth-order valence-corrected chi connectivity index (χ4v) is 2.10. The maximum Gasteiger partial charge on any atom is 0.394 e. The molecule has 19 heavy (non-hydrogen) atoms. The Morgan fingerprint density at radius 3 is 2.42 bits per heavy atom. The van der Waals surface area contributed by atoms with Crippen LogP contribution in [-0.4, -0.2) is 30.6 Å². The third-order valence-corrected chi connectivity index (χ3v) is 3.21. The zero-order chi connectivity index (χ0) is 14.6. The van der Waals surface area contributed by atoms with Crippen LogP contribution in [-0.2, 0) is 16.0 Å². The van der Waals surface area contributed by atoms with Crippen molar-refractivity contribution in [2.45, 2.75) is 27.2 Å². The van der Waals surface area contributed by atoms with E-state index in [2.05, 4.69) is 5.32 Å². The molecule has 2 N–H and O–H groups in total. The topological polar surface area (TPSA) is 75.6 Å². The smallest absolute Gasteiger partial charge is 0.394 e. The van der Waals surface area contributed by atoms with Gasteiger partial charge >= 0.3 is 11.9 Å². The van der Waals surface area contributed by atoms with Gasteiger partial charge in [0.15, 0.2) is 0 Å². The predicted octanol–water partition coefficient (Wildman–Crippen LogP) is 1.36. The van der Waals surface area contributed by atoms with Gasteiger partial charge in [-0.3, -0.25) is 4.79 Å². The molecular weight excluding hydrogens is 246 g/mol. The summed E-state index contributed by atoms with van der Waals surface area (Å²) in [5.74, 6) is -1.56. The van der Waals surface area contributed by atoms with Crippen molar-refractivity contribution < 1.29 is 19.4 Å². The van der Waals surface area contributed by atoms with Gasteiger partial charge in [-0.1, -0.05) is 6.07 Å². The largest absolute Gasteiger partial charge is 0.496 e. The van der Waals surface area contributed by atoms with Gasteiger partial charge in [0.1, 0.15) is 5.75 Å². The molecule has 0 atom stereocenters. The average molecular weight is 265 g/mol. The monoisotopic (exact) mass is 265 g/mol. The quantitative estimate of drug-likeness (QED) is 0.806. The molecule has 1 aromatic carbocycles. The minimum Gasteiger partial charge on any atom is -0.496 e. The SMILES string of the molecule is COc1c(C)cc(CCNC(=O)C(=O)O)c(C)c1C. The van der Waals surface area contributed by atoms with Gasteiger partial charge in [-0.25, -0.2) is 4.79 Å². The number of carboxylic acid groups (broad SMARTS) is 1. The van der Waals surface area contributed by atoms with Crippen LogP contribution in [0.25, 0.3) is 0 Å². The third kappa shape index (κ3) is 3.47. The summed E-state index contributed by atoms with van der Waals surface area (Å²) in [6.07, 6.45) is 0.594. The Labute approximate surface area is 112 Å². The number of carboxylic acids is 1. The maximum absolute atomic E-state index is 10.9. The molecule has 0 bridgehead atoms. The highest BCUT2D eigenvalue weighted by Gasteiger charge is 2.12. The summed E-state index contributed by atoms with van der Waals surface area (Å²) < 4.78 is 5.34. The molecule has 1 rings (SSSR count). The first kappa shape index (κ1) is 15.0. The minimum atomic E-state index is -1.46. The van der Waals surface area contributed by atoms with Gasteiger partial charge in [0, 0.05) is 6.54 Å². The lowest BCUT2D eigenvalue weighted by Crippen LogP contribution is -2.32. The summed E-state index contributed by atoms with van der Waals surface area (Å²) in [6, 6.07) is 2.01. The zero-order valence-corrected chi connectivity index (χ0v) is 11.7. The van der Waals surface area contributed by atoms with Crippen molar-refractivity contribution in [3.05, 3.63) is 28.3 Å². The molecule has 0 aromatic heterocycles. The molecule has 0 saturated carbocycles. The summed E-state index contributed by atoms with van der Waals surface area (Å²) in [6.45, 7) is 6.24. The number of amides is 1. The number of benzene rings is 1. The number of methoxy groups -OCH3 is 1. The molecule has 0 unspecified atom stereocenters. The second kappa shape index (κ2) is 6.22. The van der Waals surface area contributed by atoms with Crippen LogP contribution in [0.3, 0.4) is 0 Å². The predicted molar refractivity (Wildman–Crippen MR) is 71.6 cm³/mol. The number of hydrogen-bond donors (Lipinski definition) is 2. The highest BCUT2D eigenvalue weighted by atomic mass is 16.5. The van der Waals surface area contributed by atoms with Gasteiger partial charge in [0.05, 0.1) is 7.11 Å². The van der Waals surface area contributed by atoms with E-state index < -0.39 is 11.9 Å². The molecule has 5 heteroatoms. The van der Waals surface area contributed by atoms with Crippen LogP contribution in [0.1, 0.15) is 22.3 Å². The third-order valence-electron chi connectivity index (χ3n) is 3.21. The molecule has 0 aliphatic heterocycles. The fourth-order valence-electron chi connectivity index (χ4n) is 2.10. The van der Waals surface area contributed by atoms with E-state index in [1.54, 1.807) is 7.11 Å². The molecule has 0 heterocycles. The summed E-state index contributed by atoms with van der Waals surface area (Å²) >= 11 is 0. The zero-order valence-electron chi connectivity index (χ0n) is 11.7. The molecule has 1 aromatic rings. The van der Waals surface area contributed by atoms with E-state index in [0.29, 0.717) is 13.0 Å². The van der Waals surface area contributed by atoms with Crippen LogP contribution in [0.15, 0.2) is 6.07 Å². The first-order valence-electron chi connectivity index (χ1n) is 6.03. The van der Waals surface area contributed by atoms with Crippen molar-refractivity contribution in [3.63, 3.8) is 0 Å². The van der Waals surface area contributed by atoms with Gasteiger partial charge in [0.2, 0.25) is 0 Å². The number of aryl methyl sites for hydroxylation is 1. The van der Waals surface area contributed by atoms with E-state index in [0.717, 1.165) is 28.0 Å². The average Bonchev–Trinajstić information content (AvgIpc) is 2.35. The number of ether oxygens (including phenoxy) is 1. The minimum absolute atomic E-state index is 0.303. The highest BCUT2D eigenvalue weighted by Crippen LogP contribution is 2.28. The number of aliphatic carboxylic acids is 1. The Hall–Kier alpha value is -2.04. The standard InChI is InChI=1S/C14H19NO4/c1-8-7-11(5-6-15-13(16)14(17)18)9(2)10(3)12(8)19-4/h7H,5-6H2,1-4H3,(H,15,16)(H,17,18). The van der Waals surface area contributed by atoms with Gasteiger partial charge in [-0.2, -0.15) is 0 Å². The molecule has 0 aliphatic rings. The van der Waals surface area contributed by atoms with Crippen LogP contribution in [0.5, 0.6) is 5.75 Å². The second-order valence-electron chi connectivity index (χ2n) is 4.45. The lowest BCUT2D eigenvalue weighted by molar-refractivity contribution is -0.150. The van der Waals surface area contributed by atoms with Crippen molar-refractivity contribution in [1.82, 2.24) is 5.32 Å². The van der Waals surface area contributed by atoms with Crippen molar-refractivity contribution in [3.8, 4) is 5.75 Å². The number of nitrogens with one attached hydrogen (secondary N) is 1. The molecule has 0 aliphatic carbocycles. The Balaban J connectivity index is 2.80. The number of rotatable bonds is 4. The molecule has 0 spiro atoms. The van der Waals surface area contributed by atoms with Crippen molar-refractivity contribution in [1.29, 1.82) is 0 Å². The molecule has 1 amide bonds. The molecule has 0 fully saturated rings. The fraction of sp³-hybridized carbons (Fsp3) is 0.429. The van der Waals surface area contributed by atoms with E-state index >= 15 is 0 Å². The van der Waals surface area contributed by atoms with Crippen LogP contribution in [0, 0.1) is 20.8 Å². The van der Waals surface area contributed by atoms with E-state index in [9.17, 15) is 9.59 Å². The summed E-state index contributed by atoms with van der Waals surface area (Å²) in [4.78, 5) is 21.3. The van der Waals surface area contributed by atoms with Gasteiger partial charge in [0.25, 0.3) is 0 Å². The summed E-state index contributed by atoms with van der Waals surface area (Å²) in [7, 11) is 1.64. The van der Waals surface area contributed by atoms with Crippen LogP contribution >= 0.6 is 0 Å². The van der Waals surface area contributed by atoms with E-state index in [4.69, 9.17) is 9.84 Å². The molecular formula is C14H19NO4. The number of carbonyl (C=O) groups excluding carboxylic acids is 1. The Morgan fingerprint density at radius 2 is 1.89 bits per heavy atom. The number of hydrogen-bond acceptors (Lipinski definition) is 3. The van der Waals surface area contributed by atoms with Crippen LogP contribution in [0.4, 0.5) is 0 Å². The van der Waals surface area contributed by atoms with Crippen molar-refractivity contribution in [2.24, 2.45) is 0 Å². The molecule has 0 radical (unpaired) electrons. The maximum atomic E-state index is 10.9. The Morgan fingerprint density at radius 1 is 1.26 bits per heavy atom. The Bertz CT molecular complexity index is 509. The van der Waals surface area contributed by atoms with Crippen molar-refractivity contribution in [2.75, 3.05) is 13.7 Å². The molecule has 5 nitrogen and oxygen atoms in total. The highest BCUT2D eigenvalue weighted by molar-refractivity contribution is 6.31. The first-order valence-corrected chi connectivity index (χ1v) is 6.03. The second-order valence-corrected chi connectivity index (χ2v) is 4.45. The lowest BCUT2D eigenvalue weighted by atomic mass is 9.96. The Kier molecular flexibility index (Phi) is 4.92. The van der Waals surface area contributed by atoms with Gasteiger partial charge in [-0.15, -0.1) is 0 Å². The molecule has 104 valence electrons. The normalized spacial score (nSPS) is 10.1. The van der Waals surface area contributed by atoms with E-state index in [1.807, 2.05) is 26.8 Å². The first-order chi connectivity index (χ1) is 8.88.